The van der Waals surface area contributed by atoms with Gasteiger partial charge in [0.1, 0.15) is 0 Å². The molecular formula is C13H14NO4+. The highest BCUT2D eigenvalue weighted by Crippen LogP contribution is 2.30. The molecule has 1 aliphatic carbocycles. The summed E-state index contributed by atoms with van der Waals surface area (Å²) in [6, 6.07) is 5.56. The molecule has 0 fully saturated rings. The third kappa shape index (κ3) is 2.40. The normalized spacial score (nSPS) is 23.2. The lowest BCUT2D eigenvalue weighted by molar-refractivity contribution is -0.584. The summed E-state index contributed by atoms with van der Waals surface area (Å²) in [6.45, 7) is 0. The number of pyridine rings is 1. The Hall–Kier alpha value is -2.17. The van der Waals surface area contributed by atoms with Gasteiger partial charge in [0.2, 0.25) is 0 Å². The molecule has 2 atom stereocenters. The van der Waals surface area contributed by atoms with Crippen LogP contribution in [0.5, 0.6) is 0 Å². The summed E-state index contributed by atoms with van der Waals surface area (Å²) in [5, 5.41) is 18.1. The molecule has 2 N–H and O–H groups in total. The summed E-state index contributed by atoms with van der Waals surface area (Å²) in [5.74, 6) is -3.80. The predicted molar refractivity (Wildman–Crippen MR) is 62.4 cm³/mol. The van der Waals surface area contributed by atoms with E-state index in [0.29, 0.717) is 0 Å². The van der Waals surface area contributed by atoms with Gasteiger partial charge >= 0.3 is 11.9 Å². The lowest BCUT2D eigenvalue weighted by Crippen LogP contribution is -2.39. The Balaban J connectivity index is 2.27. The monoisotopic (exact) mass is 248 g/mol. The molecule has 0 bridgehead atoms. The zero-order valence-corrected chi connectivity index (χ0v) is 9.69. The highest BCUT2D eigenvalue weighted by molar-refractivity contribution is 5.81. The van der Waals surface area contributed by atoms with Crippen LogP contribution in [0.1, 0.15) is 12.8 Å². The van der Waals surface area contributed by atoms with Crippen molar-refractivity contribution in [3.05, 3.63) is 36.7 Å². The molecule has 0 aromatic carbocycles. The fourth-order valence-corrected chi connectivity index (χ4v) is 2.21. The molecule has 94 valence electrons. The molecule has 0 saturated carbocycles. The standard InChI is InChI=1S/C13H13NO4/c15-12(16)10-5-4-9(8-11(10)13(17)18)14-6-2-1-3-7-14/h1-4,6-7,10-11H,5,8H2,(H-,15,16,17,18)/p+1/t10-,11+/m1/s1. The molecule has 0 amide bonds. The van der Waals surface area contributed by atoms with Crippen LogP contribution in [0, 0.1) is 11.8 Å². The quantitative estimate of drug-likeness (QED) is 0.782. The van der Waals surface area contributed by atoms with Crippen molar-refractivity contribution in [3.8, 4) is 0 Å². The first-order valence-electron chi connectivity index (χ1n) is 5.71. The van der Waals surface area contributed by atoms with Gasteiger partial charge in [0.05, 0.1) is 11.8 Å². The number of nitrogens with zero attached hydrogens (tertiary/aromatic N) is 1. The van der Waals surface area contributed by atoms with Gasteiger partial charge in [-0.2, -0.15) is 4.57 Å². The Morgan fingerprint density at radius 1 is 1.06 bits per heavy atom. The van der Waals surface area contributed by atoms with E-state index in [2.05, 4.69) is 0 Å². The molecule has 1 aromatic rings. The Bertz CT molecular complexity index is 495. The van der Waals surface area contributed by atoms with Crippen LogP contribution in [0.3, 0.4) is 0 Å². The number of carboxylic acids is 2. The summed E-state index contributed by atoms with van der Waals surface area (Å²) in [7, 11) is 0. The Morgan fingerprint density at radius 3 is 2.22 bits per heavy atom. The molecule has 0 aliphatic heterocycles. The largest absolute Gasteiger partial charge is 0.481 e. The Morgan fingerprint density at radius 2 is 1.67 bits per heavy atom. The molecule has 0 unspecified atom stereocenters. The van der Waals surface area contributed by atoms with Crippen LogP contribution in [0.25, 0.3) is 5.70 Å². The SMILES string of the molecule is O=C(O)[C@H]1CC([n+]2ccccc2)=CC[C@H]1C(=O)O. The van der Waals surface area contributed by atoms with Crippen molar-refractivity contribution in [2.24, 2.45) is 11.8 Å². The van der Waals surface area contributed by atoms with E-state index in [1.807, 2.05) is 35.2 Å². The number of hydrogen-bond acceptors (Lipinski definition) is 2. The summed E-state index contributed by atoms with van der Waals surface area (Å²) in [4.78, 5) is 22.2. The van der Waals surface area contributed by atoms with Crippen molar-refractivity contribution in [2.45, 2.75) is 12.8 Å². The van der Waals surface area contributed by atoms with Gasteiger partial charge in [-0.3, -0.25) is 9.59 Å². The molecule has 0 spiro atoms. The van der Waals surface area contributed by atoms with Crippen LogP contribution in [-0.2, 0) is 9.59 Å². The number of rotatable bonds is 3. The van der Waals surface area contributed by atoms with Crippen molar-refractivity contribution in [1.82, 2.24) is 0 Å². The third-order valence-electron chi connectivity index (χ3n) is 3.20. The van der Waals surface area contributed by atoms with Gasteiger partial charge in [-0.1, -0.05) is 6.07 Å². The topological polar surface area (TPSA) is 78.5 Å². The summed E-state index contributed by atoms with van der Waals surface area (Å²) >= 11 is 0. The first kappa shape index (κ1) is 12.3. The fourth-order valence-electron chi connectivity index (χ4n) is 2.21. The molecule has 5 nitrogen and oxygen atoms in total. The number of carboxylic acid groups (broad SMARTS) is 2. The lowest BCUT2D eigenvalue weighted by atomic mass is 9.81. The van der Waals surface area contributed by atoms with Gasteiger partial charge in [-0.25, -0.2) is 0 Å². The van der Waals surface area contributed by atoms with Crippen molar-refractivity contribution in [1.29, 1.82) is 0 Å². The zero-order valence-electron chi connectivity index (χ0n) is 9.69. The second kappa shape index (κ2) is 5.00. The van der Waals surface area contributed by atoms with Crippen molar-refractivity contribution in [3.63, 3.8) is 0 Å². The fraction of sp³-hybridized carbons (Fsp3) is 0.308. The van der Waals surface area contributed by atoms with Gasteiger partial charge < -0.3 is 10.2 Å². The average Bonchev–Trinajstić information content (AvgIpc) is 2.39. The first-order chi connectivity index (χ1) is 8.59. The minimum absolute atomic E-state index is 0.237. The highest BCUT2D eigenvalue weighted by atomic mass is 16.4. The van der Waals surface area contributed by atoms with Gasteiger partial charge in [-0.05, 0) is 12.5 Å². The van der Waals surface area contributed by atoms with E-state index < -0.39 is 23.8 Å². The molecule has 1 aromatic heterocycles. The number of hydrogen-bond donors (Lipinski definition) is 2. The van der Waals surface area contributed by atoms with Crippen LogP contribution in [0.15, 0.2) is 36.7 Å². The number of aromatic nitrogens is 1. The average molecular weight is 248 g/mol. The number of aliphatic carboxylic acids is 2. The predicted octanol–water partition coefficient (Wildman–Crippen LogP) is 1.01. The number of carbonyl (C=O) groups is 2. The van der Waals surface area contributed by atoms with Crippen LogP contribution in [0.4, 0.5) is 0 Å². The Labute approximate surface area is 104 Å². The van der Waals surface area contributed by atoms with Crippen LogP contribution in [-0.4, -0.2) is 22.2 Å². The van der Waals surface area contributed by atoms with Crippen LogP contribution < -0.4 is 4.57 Å². The highest BCUT2D eigenvalue weighted by Gasteiger charge is 2.38. The van der Waals surface area contributed by atoms with Crippen LogP contribution in [0.2, 0.25) is 0 Å². The second-order valence-electron chi connectivity index (χ2n) is 4.31. The van der Waals surface area contributed by atoms with E-state index in [-0.39, 0.29) is 12.8 Å². The molecule has 18 heavy (non-hydrogen) atoms. The van der Waals surface area contributed by atoms with Crippen molar-refractivity contribution >= 4 is 17.6 Å². The van der Waals surface area contributed by atoms with Gasteiger partial charge in [-0.15, -0.1) is 0 Å². The number of allylic oxidation sites excluding steroid dienone is 2. The maximum Gasteiger partial charge on any atom is 0.307 e. The van der Waals surface area contributed by atoms with Gasteiger partial charge in [0, 0.05) is 18.6 Å². The minimum Gasteiger partial charge on any atom is -0.481 e. The molecule has 0 saturated heterocycles. The second-order valence-corrected chi connectivity index (χ2v) is 4.31. The van der Waals surface area contributed by atoms with E-state index in [1.165, 1.54) is 0 Å². The van der Waals surface area contributed by atoms with E-state index in [9.17, 15) is 9.59 Å². The van der Waals surface area contributed by atoms with Gasteiger partial charge in [0.25, 0.3) is 0 Å². The summed E-state index contributed by atoms with van der Waals surface area (Å²) in [6.07, 6.45) is 5.94. The summed E-state index contributed by atoms with van der Waals surface area (Å²) in [5.41, 5.74) is 0.834. The van der Waals surface area contributed by atoms with E-state index >= 15 is 0 Å². The molecule has 1 aliphatic rings. The molecule has 2 rings (SSSR count). The third-order valence-corrected chi connectivity index (χ3v) is 3.20. The molecular weight excluding hydrogens is 234 g/mol. The summed E-state index contributed by atoms with van der Waals surface area (Å²) < 4.78 is 1.83. The van der Waals surface area contributed by atoms with E-state index in [4.69, 9.17) is 10.2 Å². The maximum atomic E-state index is 11.1. The van der Waals surface area contributed by atoms with Gasteiger partial charge in [0.15, 0.2) is 18.1 Å². The molecule has 5 heteroatoms. The smallest absolute Gasteiger partial charge is 0.307 e. The molecule has 0 radical (unpaired) electrons. The van der Waals surface area contributed by atoms with Crippen LogP contribution >= 0.6 is 0 Å². The van der Waals surface area contributed by atoms with Crippen molar-refractivity contribution in [2.75, 3.05) is 0 Å². The zero-order chi connectivity index (χ0) is 13.1. The first-order valence-corrected chi connectivity index (χ1v) is 5.71. The molecule has 1 heterocycles. The Kier molecular flexibility index (Phi) is 3.41. The lowest BCUT2D eigenvalue weighted by Gasteiger charge is -2.22. The van der Waals surface area contributed by atoms with E-state index in [0.717, 1.165) is 5.70 Å². The van der Waals surface area contributed by atoms with Crippen molar-refractivity contribution < 1.29 is 24.4 Å². The minimum atomic E-state index is -1.05. The maximum absolute atomic E-state index is 11.1. The van der Waals surface area contributed by atoms with E-state index in [1.54, 1.807) is 6.08 Å².